The topological polar surface area (TPSA) is 98.0 Å². The molecule has 0 bridgehead atoms. The van der Waals surface area contributed by atoms with Crippen LogP contribution in [-0.2, 0) is 4.74 Å². The molecule has 1 atom stereocenters. The van der Waals surface area contributed by atoms with E-state index in [-0.39, 0.29) is 29.5 Å². The summed E-state index contributed by atoms with van der Waals surface area (Å²) >= 11 is 0. The fraction of sp³-hybridized carbons (Fsp3) is 0.481. The van der Waals surface area contributed by atoms with Gasteiger partial charge in [0.25, 0.3) is 0 Å². The summed E-state index contributed by atoms with van der Waals surface area (Å²) in [6.07, 6.45) is 1.91. The molecule has 1 aromatic carbocycles. The third kappa shape index (κ3) is 4.41. The highest BCUT2D eigenvalue weighted by molar-refractivity contribution is 5.81. The summed E-state index contributed by atoms with van der Waals surface area (Å²) in [5, 5.41) is 11.3. The number of anilines is 2. The maximum atomic E-state index is 16.6. The summed E-state index contributed by atoms with van der Waals surface area (Å²) in [5.41, 5.74) is 3.49. The summed E-state index contributed by atoms with van der Waals surface area (Å²) in [5.74, 6) is -0.0230. The van der Waals surface area contributed by atoms with Crippen molar-refractivity contribution in [2.24, 2.45) is 0 Å². The number of nitrogens with one attached hydrogen (secondary N) is 2. The van der Waals surface area contributed by atoms with Crippen molar-refractivity contribution in [3.8, 4) is 17.2 Å². The van der Waals surface area contributed by atoms with Gasteiger partial charge < -0.3 is 20.3 Å². The molecule has 5 heterocycles. The average Bonchev–Trinajstić information content (AvgIpc) is 3.45. The van der Waals surface area contributed by atoms with Crippen LogP contribution in [0.2, 0.25) is 0 Å². The Kier molecular flexibility index (Phi) is 6.67. The Balaban J connectivity index is 1.59. The van der Waals surface area contributed by atoms with Crippen molar-refractivity contribution in [1.29, 1.82) is 0 Å². The number of halogens is 2. The van der Waals surface area contributed by atoms with Gasteiger partial charge in [0.15, 0.2) is 11.6 Å². The van der Waals surface area contributed by atoms with Crippen LogP contribution < -0.4 is 15.5 Å². The molecule has 6 rings (SSSR count). The molecule has 0 radical (unpaired) electrons. The molecule has 2 aliphatic heterocycles. The molecule has 4 aromatic rings. The van der Waals surface area contributed by atoms with Gasteiger partial charge in [-0.25, -0.2) is 23.3 Å². The molecule has 2 N–H and O–H groups in total. The molecule has 0 aliphatic carbocycles. The molecule has 206 valence electrons. The Labute approximate surface area is 225 Å². The van der Waals surface area contributed by atoms with E-state index in [0.717, 1.165) is 31.6 Å². The highest BCUT2D eigenvalue weighted by Crippen LogP contribution is 2.36. The van der Waals surface area contributed by atoms with Crippen LogP contribution in [-0.4, -0.2) is 75.2 Å². The van der Waals surface area contributed by atoms with Crippen LogP contribution in [0.15, 0.2) is 18.2 Å². The van der Waals surface area contributed by atoms with E-state index >= 15 is 4.39 Å². The van der Waals surface area contributed by atoms with Crippen molar-refractivity contribution in [2.45, 2.75) is 45.7 Å². The van der Waals surface area contributed by atoms with Crippen molar-refractivity contribution in [3.05, 3.63) is 41.2 Å². The molecule has 39 heavy (non-hydrogen) atoms. The van der Waals surface area contributed by atoms with E-state index in [9.17, 15) is 4.39 Å². The minimum atomic E-state index is -0.495. The number of rotatable bonds is 5. The molecule has 0 saturated carbocycles. The number of nitrogens with zero attached hydrogens (tertiary/aromatic N) is 7. The summed E-state index contributed by atoms with van der Waals surface area (Å²) in [4.78, 5) is 16.0. The SMILES string of the molecule is CNc1nc2cc(F)ccc2n1-c1nc(-c2c(C)nn(C3CCNCC3)c2C)c(F)c(N2CCOC[C@H]2C)n1. The summed E-state index contributed by atoms with van der Waals surface area (Å²) in [6, 6.07) is 4.52. The number of piperidine rings is 1. The Hall–Kier alpha value is -3.64. The Morgan fingerprint density at radius 2 is 1.90 bits per heavy atom. The first-order valence-electron chi connectivity index (χ1n) is 13.4. The van der Waals surface area contributed by atoms with Crippen molar-refractivity contribution in [1.82, 2.24) is 34.6 Å². The third-order valence-corrected chi connectivity index (χ3v) is 7.72. The van der Waals surface area contributed by atoms with Crippen LogP contribution in [0.3, 0.4) is 0 Å². The first kappa shape index (κ1) is 25.6. The minimum Gasteiger partial charge on any atom is -0.377 e. The van der Waals surface area contributed by atoms with Gasteiger partial charge in [0.2, 0.25) is 11.9 Å². The van der Waals surface area contributed by atoms with Crippen LogP contribution >= 0.6 is 0 Å². The second-order valence-corrected chi connectivity index (χ2v) is 10.3. The predicted octanol–water partition coefficient (Wildman–Crippen LogP) is 3.77. The normalized spacial score (nSPS) is 18.7. The third-order valence-electron chi connectivity index (χ3n) is 7.72. The maximum absolute atomic E-state index is 16.6. The second kappa shape index (κ2) is 10.2. The number of fused-ring (bicyclic) bond motifs is 1. The van der Waals surface area contributed by atoms with Gasteiger partial charge in [0.1, 0.15) is 11.5 Å². The zero-order valence-corrected chi connectivity index (χ0v) is 22.6. The van der Waals surface area contributed by atoms with Gasteiger partial charge in [-0.05, 0) is 58.8 Å². The molecule has 10 nitrogen and oxygen atoms in total. The van der Waals surface area contributed by atoms with E-state index in [2.05, 4.69) is 15.6 Å². The van der Waals surface area contributed by atoms with Crippen molar-refractivity contribution < 1.29 is 13.5 Å². The predicted molar refractivity (Wildman–Crippen MR) is 146 cm³/mol. The first-order chi connectivity index (χ1) is 18.9. The fourth-order valence-electron chi connectivity index (χ4n) is 5.76. The fourth-order valence-corrected chi connectivity index (χ4v) is 5.76. The second-order valence-electron chi connectivity index (χ2n) is 10.3. The summed E-state index contributed by atoms with van der Waals surface area (Å²) < 4.78 is 39.9. The lowest BCUT2D eigenvalue weighted by molar-refractivity contribution is 0.0981. The van der Waals surface area contributed by atoms with Crippen LogP contribution in [0.1, 0.15) is 37.2 Å². The van der Waals surface area contributed by atoms with E-state index in [0.29, 0.717) is 48.0 Å². The number of morpholine rings is 1. The molecular formula is C27H33F2N9O. The number of imidazole rings is 1. The number of aryl methyl sites for hydroxylation is 1. The summed E-state index contributed by atoms with van der Waals surface area (Å²) in [6.45, 7) is 9.13. The number of aromatic nitrogens is 6. The highest BCUT2D eigenvalue weighted by Gasteiger charge is 2.31. The van der Waals surface area contributed by atoms with Crippen LogP contribution in [0.25, 0.3) is 28.2 Å². The van der Waals surface area contributed by atoms with Gasteiger partial charge in [-0.3, -0.25) is 4.68 Å². The Morgan fingerprint density at radius 3 is 2.64 bits per heavy atom. The van der Waals surface area contributed by atoms with E-state index in [1.165, 1.54) is 12.1 Å². The molecular weight excluding hydrogens is 504 g/mol. The average molecular weight is 538 g/mol. The Bertz CT molecular complexity index is 1530. The summed E-state index contributed by atoms with van der Waals surface area (Å²) in [7, 11) is 1.72. The molecule has 12 heteroatoms. The number of hydrogen-bond acceptors (Lipinski definition) is 8. The zero-order valence-electron chi connectivity index (χ0n) is 22.6. The molecule has 2 aliphatic rings. The largest absolute Gasteiger partial charge is 0.377 e. The van der Waals surface area contributed by atoms with Crippen molar-refractivity contribution in [2.75, 3.05) is 50.1 Å². The lowest BCUT2D eigenvalue weighted by atomic mass is 10.1. The van der Waals surface area contributed by atoms with Crippen molar-refractivity contribution >= 4 is 22.8 Å². The Morgan fingerprint density at radius 1 is 1.10 bits per heavy atom. The quantitative estimate of drug-likeness (QED) is 0.397. The van der Waals surface area contributed by atoms with Crippen LogP contribution in [0, 0.1) is 25.5 Å². The molecule has 0 amide bonds. The lowest BCUT2D eigenvalue weighted by Gasteiger charge is -2.34. The first-order valence-corrected chi connectivity index (χ1v) is 13.4. The van der Waals surface area contributed by atoms with Crippen LogP contribution in [0.5, 0.6) is 0 Å². The van der Waals surface area contributed by atoms with Gasteiger partial charge in [0.05, 0.1) is 42.0 Å². The lowest BCUT2D eigenvalue weighted by Crippen LogP contribution is -2.44. The van der Waals surface area contributed by atoms with Crippen molar-refractivity contribution in [3.63, 3.8) is 0 Å². The van der Waals surface area contributed by atoms with Gasteiger partial charge in [0, 0.05) is 30.9 Å². The number of hydrogen-bond donors (Lipinski definition) is 2. The maximum Gasteiger partial charge on any atom is 0.239 e. The molecule has 3 aromatic heterocycles. The minimum absolute atomic E-state index is 0.0825. The molecule has 0 unspecified atom stereocenters. The number of benzene rings is 1. The van der Waals surface area contributed by atoms with Gasteiger partial charge in [-0.15, -0.1) is 0 Å². The standard InChI is InChI=1S/C27H33F2N9O/c1-15-14-39-12-11-36(15)25-23(29)24(22-16(2)35-38(17(22)3)19-7-9-31-10-8-19)33-27(34-25)37-21-6-5-18(28)13-20(21)32-26(37)30-4/h5-6,13,15,19,31H,7-12,14H2,1-4H3,(H,30,32)/t15-/m1/s1. The van der Waals surface area contributed by atoms with E-state index in [1.54, 1.807) is 17.7 Å². The molecule has 2 saturated heterocycles. The van der Waals surface area contributed by atoms with E-state index < -0.39 is 11.6 Å². The van der Waals surface area contributed by atoms with E-state index in [1.807, 2.05) is 30.4 Å². The molecule has 0 spiro atoms. The van der Waals surface area contributed by atoms with Crippen LogP contribution in [0.4, 0.5) is 20.5 Å². The highest BCUT2D eigenvalue weighted by atomic mass is 19.1. The molecule has 2 fully saturated rings. The number of ether oxygens (including phenoxy) is 1. The smallest absolute Gasteiger partial charge is 0.239 e. The van der Waals surface area contributed by atoms with E-state index in [4.69, 9.17) is 19.8 Å². The monoisotopic (exact) mass is 537 g/mol. The van der Waals surface area contributed by atoms with Gasteiger partial charge in [-0.1, -0.05) is 0 Å². The van der Waals surface area contributed by atoms with Gasteiger partial charge >= 0.3 is 0 Å². The zero-order chi connectivity index (χ0) is 27.3. The van der Waals surface area contributed by atoms with Gasteiger partial charge in [-0.2, -0.15) is 10.1 Å².